The molecule has 0 spiro atoms. The Kier molecular flexibility index (Phi) is 11.0. The van der Waals surface area contributed by atoms with Crippen LogP contribution < -0.4 is 11.0 Å². The number of hydrogen-bond acceptors (Lipinski definition) is 11. The van der Waals surface area contributed by atoms with Crippen molar-refractivity contribution in [1.82, 2.24) is 8.88 Å². The Morgan fingerprint density at radius 1 is 0.733 bits per heavy atom. The summed E-state index contributed by atoms with van der Waals surface area (Å²) in [5.74, 6) is 0. The van der Waals surface area contributed by atoms with Crippen LogP contribution in [0, 0.1) is 0 Å². The van der Waals surface area contributed by atoms with Gasteiger partial charge in [-0.05, 0) is 50.2 Å². The molecule has 13 nitrogen and oxygen atoms in total. The fraction of sp³-hybridized carbons (Fsp3) is 1.00. The largest absolute Gasteiger partial charge is 0.414 e. The van der Waals surface area contributed by atoms with Gasteiger partial charge in [-0.15, -0.1) is 8.88 Å². The van der Waals surface area contributed by atoms with Gasteiger partial charge in [0.15, 0.2) is 0 Å². The van der Waals surface area contributed by atoms with E-state index in [1.165, 1.54) is 14.1 Å². The highest BCUT2D eigenvalue weighted by Gasteiger charge is 2.48. The van der Waals surface area contributed by atoms with E-state index in [2.05, 4.69) is 13.5 Å². The van der Waals surface area contributed by atoms with Crippen molar-refractivity contribution in [3.05, 3.63) is 0 Å². The third-order valence-corrected chi connectivity index (χ3v) is 21.8. The molecule has 1 rings (SSSR count). The van der Waals surface area contributed by atoms with Crippen LogP contribution in [0.4, 0.5) is 0 Å². The second kappa shape index (κ2) is 11.2. The maximum absolute atomic E-state index is 13.3. The average Bonchev–Trinajstić information content (AvgIpc) is 2.59. The lowest BCUT2D eigenvalue weighted by Gasteiger charge is -2.37. The zero-order valence-electron chi connectivity index (χ0n) is 17.7. The molecule has 0 bridgehead atoms. The lowest BCUT2D eigenvalue weighted by molar-refractivity contribution is 0.197. The third-order valence-electron chi connectivity index (χ3n) is 3.36. The molecule has 0 radical (unpaired) electrons. The van der Waals surface area contributed by atoms with E-state index in [-0.39, 0.29) is 26.4 Å². The van der Waals surface area contributed by atoms with E-state index < -0.39 is 36.4 Å². The van der Waals surface area contributed by atoms with E-state index in [9.17, 15) is 9.13 Å². The van der Waals surface area contributed by atoms with E-state index in [4.69, 9.17) is 51.6 Å². The van der Waals surface area contributed by atoms with E-state index in [1.807, 2.05) is 0 Å². The Morgan fingerprint density at radius 2 is 1.03 bits per heavy atom. The van der Waals surface area contributed by atoms with Crippen molar-refractivity contribution in [2.45, 2.75) is 27.7 Å². The first-order valence-electron chi connectivity index (χ1n) is 8.83. The molecule has 1 heterocycles. The molecule has 2 unspecified atom stereocenters. The lowest BCUT2D eigenvalue weighted by atomic mass is 10.9. The molecule has 0 aromatic carbocycles. The molecule has 4 N–H and O–H groups in total. The molecule has 0 saturated carbocycles. The molecule has 180 valence electrons. The number of rotatable bonds is 12. The lowest BCUT2D eigenvalue weighted by Crippen LogP contribution is -2.18. The van der Waals surface area contributed by atoms with Crippen molar-refractivity contribution in [1.29, 1.82) is 0 Å². The van der Waals surface area contributed by atoms with Crippen molar-refractivity contribution in [2.75, 3.05) is 40.5 Å². The monoisotopic (exact) mass is 569 g/mol. The van der Waals surface area contributed by atoms with E-state index >= 15 is 0 Å². The fourth-order valence-electron chi connectivity index (χ4n) is 2.13. The predicted molar refractivity (Wildman–Crippen MR) is 125 cm³/mol. The second-order valence-corrected chi connectivity index (χ2v) is 19.7. The van der Waals surface area contributed by atoms with Crippen molar-refractivity contribution in [3.8, 4) is 0 Å². The van der Waals surface area contributed by atoms with Gasteiger partial charge < -0.3 is 0 Å². The van der Waals surface area contributed by atoms with Crippen LogP contribution in [0.25, 0.3) is 0 Å². The summed E-state index contributed by atoms with van der Waals surface area (Å²) in [4.78, 5) is 0. The van der Waals surface area contributed by atoms with Gasteiger partial charge in [0, 0.05) is 14.1 Å². The first kappa shape index (κ1) is 29.4. The second-order valence-electron chi connectivity index (χ2n) is 5.55. The van der Waals surface area contributed by atoms with Crippen molar-refractivity contribution >= 4 is 58.9 Å². The highest BCUT2D eigenvalue weighted by molar-refractivity contribution is 8.05. The minimum Gasteiger partial charge on any atom is -0.297 e. The molecule has 0 fully saturated rings. The van der Waals surface area contributed by atoms with Crippen LogP contribution in [0.2, 0.25) is 0 Å². The molecule has 1 aliphatic rings. The summed E-state index contributed by atoms with van der Waals surface area (Å²) < 4.78 is 62.7. The Bertz CT molecular complexity index is 820. The number of nitrogens with zero attached hydrogens (tertiary/aromatic N) is 5. The molecule has 0 aromatic rings. The van der Waals surface area contributed by atoms with Gasteiger partial charge in [-0.3, -0.25) is 29.1 Å². The van der Waals surface area contributed by atoms with Gasteiger partial charge >= 0.3 is 15.5 Å². The smallest absolute Gasteiger partial charge is 0.297 e. The minimum absolute atomic E-state index is 0.0688. The highest BCUT2D eigenvalue weighted by atomic mass is 35.7. The van der Waals surface area contributed by atoms with Gasteiger partial charge in [-0.1, -0.05) is 0 Å². The van der Waals surface area contributed by atoms with Crippen molar-refractivity contribution in [3.63, 3.8) is 0 Å². The highest BCUT2D eigenvalue weighted by Crippen LogP contribution is 2.86. The Balaban J connectivity index is 3.71. The van der Waals surface area contributed by atoms with Crippen LogP contribution in [0.15, 0.2) is 13.5 Å². The Morgan fingerprint density at radius 3 is 1.33 bits per heavy atom. The van der Waals surface area contributed by atoms with Gasteiger partial charge in [0.25, 0.3) is 0 Å². The summed E-state index contributed by atoms with van der Waals surface area (Å²) in [5, 5.41) is 0. The molecule has 0 saturated heterocycles. The summed E-state index contributed by atoms with van der Waals surface area (Å²) >= 11 is 13.4. The first-order chi connectivity index (χ1) is 13.7. The third kappa shape index (κ3) is 6.73. The zero-order chi connectivity index (χ0) is 23.4. The minimum atomic E-state index is -3.92. The van der Waals surface area contributed by atoms with Gasteiger partial charge in [0.2, 0.25) is 20.9 Å². The Hall–Kier alpha value is 1.41. The maximum Gasteiger partial charge on any atom is 0.414 e. The topological polar surface area (TPSA) is 167 Å². The summed E-state index contributed by atoms with van der Waals surface area (Å²) in [6.07, 6.45) is 0. The summed E-state index contributed by atoms with van der Waals surface area (Å²) in [6.45, 7) is -0.467. The molecule has 0 aliphatic carbocycles. The molecule has 1 aliphatic heterocycles. The van der Waals surface area contributed by atoms with E-state index in [0.29, 0.717) is 0 Å². The Labute approximate surface area is 187 Å². The van der Waals surface area contributed by atoms with Crippen LogP contribution >= 0.6 is 58.9 Å². The molecule has 20 heteroatoms. The van der Waals surface area contributed by atoms with Crippen LogP contribution in [0.1, 0.15) is 27.7 Å². The summed E-state index contributed by atoms with van der Waals surface area (Å²) in [6, 6.07) is 0. The van der Waals surface area contributed by atoms with Gasteiger partial charge in [-0.25, -0.2) is 9.13 Å². The van der Waals surface area contributed by atoms with Crippen molar-refractivity contribution in [2.24, 2.45) is 24.6 Å². The fourth-order valence-corrected chi connectivity index (χ4v) is 21.2. The first-order valence-corrected chi connectivity index (χ1v) is 18.8. The van der Waals surface area contributed by atoms with Crippen LogP contribution in [0.3, 0.4) is 0 Å². The number of halogens is 2. The number of hydrogen-bond donors (Lipinski definition) is 2. The van der Waals surface area contributed by atoms with Crippen LogP contribution in [-0.4, -0.2) is 49.4 Å². The van der Waals surface area contributed by atoms with E-state index in [0.717, 1.165) is 8.88 Å². The maximum atomic E-state index is 13.3. The van der Waals surface area contributed by atoms with E-state index in [1.54, 1.807) is 27.7 Å². The van der Waals surface area contributed by atoms with Gasteiger partial charge in [0.1, 0.15) is 0 Å². The van der Waals surface area contributed by atoms with Crippen LogP contribution in [-0.2, 0) is 27.2 Å². The molecule has 0 aromatic heterocycles. The number of nitrogens with two attached hydrogens (primary N) is 2. The molecular formula is C10H30Cl2N7O6P5. The quantitative estimate of drug-likeness (QED) is 0.249. The summed E-state index contributed by atoms with van der Waals surface area (Å²) in [5.41, 5.74) is 12.1. The average molecular weight is 570 g/mol. The normalized spacial score (nSPS) is 26.9. The molecule has 30 heavy (non-hydrogen) atoms. The van der Waals surface area contributed by atoms with Crippen LogP contribution in [0.5, 0.6) is 0 Å². The SMILES string of the molecule is CCOP(=O)(OCC)N(C)P1(Cl)=NP(N)(N)=NP(Cl)(N(C)P(=O)(OCC)OCC)=N1. The van der Waals surface area contributed by atoms with Gasteiger partial charge in [-0.2, -0.15) is 13.5 Å². The standard InChI is InChI=1S/C10H30Cl2N7O6P5/c1-7-22-29(20,23-8-2)18(5)26(11)15-27(12,17-28(13,14)16-26)19(6)30(21,24-9-3)25-10-4/h7-10,13-14H2,1-6H3. The van der Waals surface area contributed by atoms with Gasteiger partial charge in [0.05, 0.1) is 26.4 Å². The predicted octanol–water partition coefficient (Wildman–Crippen LogP) is 6.46. The van der Waals surface area contributed by atoms with Crippen molar-refractivity contribution < 1.29 is 27.2 Å². The molecule has 2 atom stereocenters. The molecule has 0 amide bonds. The zero-order valence-corrected chi connectivity index (χ0v) is 23.6. The molecular weight excluding hydrogens is 540 g/mol. The summed E-state index contributed by atoms with van der Waals surface area (Å²) in [7, 11) is -8.57.